The van der Waals surface area contributed by atoms with Crippen LogP contribution < -0.4 is 5.73 Å². The molecule has 1 amide bonds. The molecule has 0 fully saturated rings. The smallest absolute Gasteiger partial charge is 0.239 e. The molecule has 0 aliphatic carbocycles. The van der Waals surface area contributed by atoms with E-state index in [4.69, 9.17) is 5.73 Å². The Morgan fingerprint density at radius 2 is 2.12 bits per heavy atom. The quantitative estimate of drug-likeness (QED) is 0.813. The number of rotatable bonds is 2. The van der Waals surface area contributed by atoms with Crippen LogP contribution in [0.1, 0.15) is 24.5 Å². The molecule has 1 aromatic carbocycles. The summed E-state index contributed by atoms with van der Waals surface area (Å²) in [5, 5.41) is 0. The second kappa shape index (κ2) is 4.66. The molecular weight excluding hydrogens is 200 g/mol. The van der Waals surface area contributed by atoms with E-state index in [9.17, 15) is 4.79 Å². The molecule has 0 unspecified atom stereocenters. The highest BCUT2D eigenvalue weighted by Crippen LogP contribution is 2.18. The lowest BCUT2D eigenvalue weighted by Crippen LogP contribution is -2.45. The lowest BCUT2D eigenvalue weighted by molar-refractivity contribution is -0.133. The molecule has 1 heterocycles. The highest BCUT2D eigenvalue weighted by molar-refractivity contribution is 5.81. The van der Waals surface area contributed by atoms with Crippen LogP contribution in [0.3, 0.4) is 0 Å². The number of hydrogen-bond acceptors (Lipinski definition) is 2. The fraction of sp³-hybridized carbons (Fsp3) is 0.462. The summed E-state index contributed by atoms with van der Waals surface area (Å²) in [6, 6.07) is 7.95. The molecule has 1 aromatic rings. The summed E-state index contributed by atoms with van der Waals surface area (Å²) in [6.07, 6.45) is 1.65. The second-order valence-electron chi connectivity index (χ2n) is 4.29. The van der Waals surface area contributed by atoms with Crippen molar-refractivity contribution in [1.29, 1.82) is 0 Å². The van der Waals surface area contributed by atoms with E-state index < -0.39 is 0 Å². The predicted octanol–water partition coefficient (Wildman–Crippen LogP) is 1.31. The molecule has 0 saturated carbocycles. The van der Waals surface area contributed by atoms with E-state index in [-0.39, 0.29) is 11.9 Å². The van der Waals surface area contributed by atoms with Crippen LogP contribution in [-0.2, 0) is 17.8 Å². The third kappa shape index (κ3) is 2.09. The molecule has 3 heteroatoms. The number of carbonyl (C=O) groups is 1. The number of amides is 1. The second-order valence-corrected chi connectivity index (χ2v) is 4.29. The van der Waals surface area contributed by atoms with Gasteiger partial charge in [-0.2, -0.15) is 0 Å². The first-order valence-electron chi connectivity index (χ1n) is 5.83. The molecule has 1 aliphatic rings. The van der Waals surface area contributed by atoms with Gasteiger partial charge in [0, 0.05) is 13.1 Å². The van der Waals surface area contributed by atoms with Gasteiger partial charge in [0.1, 0.15) is 0 Å². The van der Waals surface area contributed by atoms with Crippen molar-refractivity contribution in [1.82, 2.24) is 4.90 Å². The topological polar surface area (TPSA) is 46.3 Å². The number of fused-ring (bicyclic) bond motifs is 1. The molecule has 0 aromatic heterocycles. The maximum Gasteiger partial charge on any atom is 0.239 e. The highest BCUT2D eigenvalue weighted by atomic mass is 16.2. The van der Waals surface area contributed by atoms with Gasteiger partial charge in [0.15, 0.2) is 0 Å². The van der Waals surface area contributed by atoms with Crippen LogP contribution in [0.5, 0.6) is 0 Å². The minimum atomic E-state index is -0.342. The first-order chi connectivity index (χ1) is 7.72. The summed E-state index contributed by atoms with van der Waals surface area (Å²) in [4.78, 5) is 13.8. The van der Waals surface area contributed by atoms with E-state index in [1.807, 2.05) is 24.0 Å². The third-order valence-corrected chi connectivity index (χ3v) is 3.20. The Hall–Kier alpha value is -1.35. The molecule has 86 valence electrons. The lowest BCUT2D eigenvalue weighted by atomic mass is 9.99. The number of carbonyl (C=O) groups excluding carboxylic acids is 1. The minimum absolute atomic E-state index is 0.0806. The molecule has 1 atom stereocenters. The first kappa shape index (κ1) is 11.1. The molecule has 16 heavy (non-hydrogen) atoms. The Kier molecular flexibility index (Phi) is 3.25. The van der Waals surface area contributed by atoms with E-state index in [1.54, 1.807) is 0 Å². The Labute approximate surface area is 96.2 Å². The van der Waals surface area contributed by atoms with Crippen LogP contribution in [0, 0.1) is 0 Å². The van der Waals surface area contributed by atoms with Crippen molar-refractivity contribution in [3.63, 3.8) is 0 Å². The standard InChI is InChI=1S/C13H18N2O/c1-2-12(14)13(16)15-8-7-10-5-3-4-6-11(10)9-15/h3-6,12H,2,7-9,14H2,1H3/t12-/m0/s1. The van der Waals surface area contributed by atoms with Gasteiger partial charge in [-0.1, -0.05) is 31.2 Å². The molecule has 0 saturated heterocycles. The summed E-state index contributed by atoms with van der Waals surface area (Å²) in [6.45, 7) is 3.45. The molecule has 0 radical (unpaired) electrons. The van der Waals surface area contributed by atoms with E-state index in [0.29, 0.717) is 13.0 Å². The van der Waals surface area contributed by atoms with Gasteiger partial charge in [-0.25, -0.2) is 0 Å². The SMILES string of the molecule is CC[C@H](N)C(=O)N1CCc2ccccc2C1. The van der Waals surface area contributed by atoms with Gasteiger partial charge in [-0.15, -0.1) is 0 Å². The zero-order chi connectivity index (χ0) is 11.5. The lowest BCUT2D eigenvalue weighted by Gasteiger charge is -2.30. The van der Waals surface area contributed by atoms with Crippen LogP contribution in [0.15, 0.2) is 24.3 Å². The summed E-state index contributed by atoms with van der Waals surface area (Å²) in [7, 11) is 0. The van der Waals surface area contributed by atoms with Crippen molar-refractivity contribution in [3.8, 4) is 0 Å². The number of benzene rings is 1. The van der Waals surface area contributed by atoms with E-state index in [1.165, 1.54) is 11.1 Å². The summed E-state index contributed by atoms with van der Waals surface area (Å²) in [5.74, 6) is 0.0806. The molecule has 2 rings (SSSR count). The summed E-state index contributed by atoms with van der Waals surface area (Å²) in [5.41, 5.74) is 8.39. The van der Waals surface area contributed by atoms with Gasteiger partial charge in [-0.05, 0) is 24.0 Å². The average Bonchev–Trinajstić information content (AvgIpc) is 2.36. The van der Waals surface area contributed by atoms with Crippen molar-refractivity contribution in [3.05, 3.63) is 35.4 Å². The Bertz CT molecular complexity index is 389. The van der Waals surface area contributed by atoms with E-state index >= 15 is 0 Å². The van der Waals surface area contributed by atoms with Crippen molar-refractivity contribution in [2.75, 3.05) is 6.54 Å². The van der Waals surface area contributed by atoms with Crippen molar-refractivity contribution in [2.24, 2.45) is 5.73 Å². The molecule has 2 N–H and O–H groups in total. The first-order valence-corrected chi connectivity index (χ1v) is 5.83. The van der Waals surface area contributed by atoms with Crippen molar-refractivity contribution in [2.45, 2.75) is 32.4 Å². The zero-order valence-corrected chi connectivity index (χ0v) is 9.65. The summed E-state index contributed by atoms with van der Waals surface area (Å²) >= 11 is 0. The van der Waals surface area contributed by atoms with Crippen LogP contribution in [-0.4, -0.2) is 23.4 Å². The van der Waals surface area contributed by atoms with Crippen molar-refractivity contribution < 1.29 is 4.79 Å². The Balaban J connectivity index is 2.11. The summed E-state index contributed by atoms with van der Waals surface area (Å²) < 4.78 is 0. The number of nitrogens with zero attached hydrogens (tertiary/aromatic N) is 1. The van der Waals surface area contributed by atoms with Gasteiger partial charge >= 0.3 is 0 Å². The Morgan fingerprint density at radius 3 is 2.81 bits per heavy atom. The van der Waals surface area contributed by atoms with Gasteiger partial charge in [0.25, 0.3) is 0 Å². The maximum atomic E-state index is 11.9. The molecule has 1 aliphatic heterocycles. The average molecular weight is 218 g/mol. The monoisotopic (exact) mass is 218 g/mol. The van der Waals surface area contributed by atoms with Crippen LogP contribution >= 0.6 is 0 Å². The van der Waals surface area contributed by atoms with Gasteiger partial charge < -0.3 is 10.6 Å². The molecule has 3 nitrogen and oxygen atoms in total. The van der Waals surface area contributed by atoms with E-state index in [0.717, 1.165) is 13.0 Å². The predicted molar refractivity (Wildman–Crippen MR) is 63.8 cm³/mol. The van der Waals surface area contributed by atoms with Gasteiger partial charge in [0.05, 0.1) is 6.04 Å². The van der Waals surface area contributed by atoms with E-state index in [2.05, 4.69) is 12.1 Å². The highest BCUT2D eigenvalue weighted by Gasteiger charge is 2.23. The fourth-order valence-corrected chi connectivity index (χ4v) is 2.09. The number of nitrogens with two attached hydrogens (primary N) is 1. The fourth-order valence-electron chi connectivity index (χ4n) is 2.09. The molecule has 0 bridgehead atoms. The number of hydrogen-bond donors (Lipinski definition) is 1. The largest absolute Gasteiger partial charge is 0.337 e. The maximum absolute atomic E-state index is 11.9. The third-order valence-electron chi connectivity index (χ3n) is 3.20. The van der Waals surface area contributed by atoms with Crippen LogP contribution in [0.25, 0.3) is 0 Å². The molecule has 0 spiro atoms. The molecular formula is C13H18N2O. The normalized spacial score (nSPS) is 16.8. The van der Waals surface area contributed by atoms with Gasteiger partial charge in [0.2, 0.25) is 5.91 Å². The van der Waals surface area contributed by atoms with Gasteiger partial charge in [-0.3, -0.25) is 4.79 Å². The van der Waals surface area contributed by atoms with Crippen LogP contribution in [0.4, 0.5) is 0 Å². The van der Waals surface area contributed by atoms with Crippen molar-refractivity contribution >= 4 is 5.91 Å². The zero-order valence-electron chi connectivity index (χ0n) is 9.65. The Morgan fingerprint density at radius 1 is 1.44 bits per heavy atom. The van der Waals surface area contributed by atoms with Crippen LogP contribution in [0.2, 0.25) is 0 Å². The minimum Gasteiger partial charge on any atom is -0.337 e.